The summed E-state index contributed by atoms with van der Waals surface area (Å²) in [6, 6.07) is 11.7. The van der Waals surface area contributed by atoms with Gasteiger partial charge in [0.15, 0.2) is 0 Å². The van der Waals surface area contributed by atoms with E-state index in [0.29, 0.717) is 12.4 Å². The SMILES string of the molecule is CC(C)N(Cc1ccccc1)c1cc(C(=O)O)c(Cl)cn1. The first-order chi connectivity index (χ1) is 9.99. The Bertz CT molecular complexity index is 629. The maximum atomic E-state index is 11.2. The minimum absolute atomic E-state index is 0.0698. The van der Waals surface area contributed by atoms with Crippen LogP contribution in [-0.4, -0.2) is 22.1 Å². The van der Waals surface area contributed by atoms with Crippen molar-refractivity contribution in [3.8, 4) is 0 Å². The number of carboxylic acid groups (broad SMARTS) is 1. The molecule has 0 saturated carbocycles. The summed E-state index contributed by atoms with van der Waals surface area (Å²) >= 11 is 5.87. The molecular weight excluding hydrogens is 288 g/mol. The Kier molecular flexibility index (Phi) is 4.81. The second-order valence-electron chi connectivity index (χ2n) is 5.03. The Labute approximate surface area is 129 Å². The highest BCUT2D eigenvalue weighted by Gasteiger charge is 2.17. The fourth-order valence-corrected chi connectivity index (χ4v) is 2.24. The lowest BCUT2D eigenvalue weighted by molar-refractivity contribution is 0.0697. The van der Waals surface area contributed by atoms with Crippen molar-refractivity contribution in [1.82, 2.24) is 4.98 Å². The van der Waals surface area contributed by atoms with E-state index in [2.05, 4.69) is 4.98 Å². The van der Waals surface area contributed by atoms with Crippen molar-refractivity contribution >= 4 is 23.4 Å². The third-order valence-electron chi connectivity index (χ3n) is 3.18. The van der Waals surface area contributed by atoms with Gasteiger partial charge >= 0.3 is 5.97 Å². The fourth-order valence-electron chi connectivity index (χ4n) is 2.06. The number of halogens is 1. The second kappa shape index (κ2) is 6.59. The van der Waals surface area contributed by atoms with E-state index in [0.717, 1.165) is 5.56 Å². The van der Waals surface area contributed by atoms with Gasteiger partial charge in [0.25, 0.3) is 0 Å². The van der Waals surface area contributed by atoms with E-state index in [9.17, 15) is 4.79 Å². The summed E-state index contributed by atoms with van der Waals surface area (Å²) in [6.07, 6.45) is 1.39. The van der Waals surface area contributed by atoms with Crippen LogP contribution in [0.25, 0.3) is 0 Å². The van der Waals surface area contributed by atoms with Gasteiger partial charge in [-0.1, -0.05) is 41.9 Å². The summed E-state index contributed by atoms with van der Waals surface area (Å²) in [5.74, 6) is -0.442. The fraction of sp³-hybridized carbons (Fsp3) is 0.250. The molecule has 0 saturated heterocycles. The molecule has 0 aliphatic carbocycles. The van der Waals surface area contributed by atoms with Crippen LogP contribution in [0.4, 0.5) is 5.82 Å². The van der Waals surface area contributed by atoms with Crippen molar-refractivity contribution < 1.29 is 9.90 Å². The van der Waals surface area contributed by atoms with Gasteiger partial charge in [-0.2, -0.15) is 0 Å². The molecule has 5 heteroatoms. The van der Waals surface area contributed by atoms with Gasteiger partial charge in [-0.15, -0.1) is 0 Å². The Morgan fingerprint density at radius 2 is 2.00 bits per heavy atom. The molecule has 0 fully saturated rings. The van der Waals surface area contributed by atoms with Crippen LogP contribution in [0, 0.1) is 0 Å². The van der Waals surface area contributed by atoms with Crippen LogP contribution >= 0.6 is 11.6 Å². The van der Waals surface area contributed by atoms with Crippen molar-refractivity contribution in [2.24, 2.45) is 0 Å². The molecular formula is C16H17ClN2O2. The molecule has 21 heavy (non-hydrogen) atoms. The lowest BCUT2D eigenvalue weighted by Gasteiger charge is -2.28. The molecule has 0 radical (unpaired) electrons. The van der Waals surface area contributed by atoms with E-state index in [4.69, 9.17) is 16.7 Å². The van der Waals surface area contributed by atoms with E-state index >= 15 is 0 Å². The number of pyridine rings is 1. The van der Waals surface area contributed by atoms with Gasteiger partial charge in [-0.3, -0.25) is 0 Å². The highest BCUT2D eigenvalue weighted by Crippen LogP contribution is 2.23. The first kappa shape index (κ1) is 15.3. The van der Waals surface area contributed by atoms with Crippen LogP contribution in [0.15, 0.2) is 42.6 Å². The van der Waals surface area contributed by atoms with E-state index < -0.39 is 5.97 Å². The molecule has 0 spiro atoms. The number of rotatable bonds is 5. The number of anilines is 1. The highest BCUT2D eigenvalue weighted by molar-refractivity contribution is 6.33. The Hall–Kier alpha value is -2.07. The van der Waals surface area contributed by atoms with E-state index in [1.165, 1.54) is 12.3 Å². The second-order valence-corrected chi connectivity index (χ2v) is 5.44. The number of hydrogen-bond donors (Lipinski definition) is 1. The van der Waals surface area contributed by atoms with Crippen LogP contribution in [-0.2, 0) is 6.54 Å². The monoisotopic (exact) mass is 304 g/mol. The summed E-state index contributed by atoms with van der Waals surface area (Å²) in [4.78, 5) is 17.5. The zero-order chi connectivity index (χ0) is 15.4. The number of benzene rings is 1. The van der Waals surface area contributed by atoms with Gasteiger partial charge in [0.1, 0.15) is 5.82 Å². The zero-order valence-corrected chi connectivity index (χ0v) is 12.7. The number of nitrogens with zero attached hydrogens (tertiary/aromatic N) is 2. The number of aromatic nitrogens is 1. The van der Waals surface area contributed by atoms with Crippen molar-refractivity contribution in [3.63, 3.8) is 0 Å². The van der Waals surface area contributed by atoms with Crippen LogP contribution < -0.4 is 4.90 Å². The average Bonchev–Trinajstić information content (AvgIpc) is 2.46. The van der Waals surface area contributed by atoms with E-state index in [-0.39, 0.29) is 16.6 Å². The predicted molar refractivity (Wildman–Crippen MR) is 84.0 cm³/mol. The quantitative estimate of drug-likeness (QED) is 0.911. The standard InChI is InChI=1S/C16H17ClN2O2/c1-11(2)19(10-12-6-4-3-5-7-12)15-8-13(16(20)21)14(17)9-18-15/h3-9,11H,10H2,1-2H3,(H,20,21). The maximum Gasteiger partial charge on any atom is 0.337 e. The number of carbonyl (C=O) groups is 1. The first-order valence-electron chi connectivity index (χ1n) is 6.68. The molecule has 0 amide bonds. The maximum absolute atomic E-state index is 11.2. The van der Waals surface area contributed by atoms with Gasteiger partial charge in [-0.25, -0.2) is 9.78 Å². The van der Waals surface area contributed by atoms with E-state index in [1.54, 1.807) is 0 Å². The van der Waals surface area contributed by atoms with Crippen LogP contribution in [0.3, 0.4) is 0 Å². The number of aromatic carboxylic acids is 1. The van der Waals surface area contributed by atoms with Gasteiger partial charge in [0, 0.05) is 18.8 Å². The van der Waals surface area contributed by atoms with Crippen molar-refractivity contribution in [2.45, 2.75) is 26.4 Å². The number of carboxylic acids is 1. The van der Waals surface area contributed by atoms with Crippen LogP contribution in [0.1, 0.15) is 29.8 Å². The summed E-state index contributed by atoms with van der Waals surface area (Å²) in [5, 5.41) is 9.32. The molecule has 2 rings (SSSR count). The molecule has 1 heterocycles. The number of hydrogen-bond acceptors (Lipinski definition) is 3. The third kappa shape index (κ3) is 3.73. The molecule has 1 N–H and O–H groups in total. The predicted octanol–water partition coefficient (Wildman–Crippen LogP) is 3.85. The Morgan fingerprint density at radius 3 is 2.57 bits per heavy atom. The van der Waals surface area contributed by atoms with Gasteiger partial charge in [0.2, 0.25) is 0 Å². The lowest BCUT2D eigenvalue weighted by Crippen LogP contribution is -2.31. The van der Waals surface area contributed by atoms with Crippen molar-refractivity contribution in [2.75, 3.05) is 4.90 Å². The van der Waals surface area contributed by atoms with Gasteiger partial charge in [0.05, 0.1) is 10.6 Å². The summed E-state index contributed by atoms with van der Waals surface area (Å²) in [5.41, 5.74) is 1.21. The van der Waals surface area contributed by atoms with Gasteiger partial charge < -0.3 is 10.0 Å². The Balaban J connectivity index is 2.35. The van der Waals surface area contributed by atoms with Crippen molar-refractivity contribution in [1.29, 1.82) is 0 Å². The van der Waals surface area contributed by atoms with Crippen LogP contribution in [0.2, 0.25) is 5.02 Å². The molecule has 110 valence electrons. The molecule has 0 aliphatic rings. The smallest absolute Gasteiger partial charge is 0.337 e. The average molecular weight is 305 g/mol. The van der Waals surface area contributed by atoms with Crippen LogP contribution in [0.5, 0.6) is 0 Å². The lowest BCUT2D eigenvalue weighted by atomic mass is 10.1. The normalized spacial score (nSPS) is 10.7. The minimum Gasteiger partial charge on any atom is -0.478 e. The molecule has 0 unspecified atom stereocenters. The summed E-state index contributed by atoms with van der Waals surface area (Å²) in [6.45, 7) is 4.74. The largest absolute Gasteiger partial charge is 0.478 e. The molecule has 1 aromatic carbocycles. The third-order valence-corrected chi connectivity index (χ3v) is 3.49. The topological polar surface area (TPSA) is 53.4 Å². The van der Waals surface area contributed by atoms with E-state index in [1.807, 2.05) is 49.1 Å². The zero-order valence-electron chi connectivity index (χ0n) is 12.0. The minimum atomic E-state index is -1.05. The molecule has 0 aliphatic heterocycles. The van der Waals surface area contributed by atoms with Crippen molar-refractivity contribution in [3.05, 3.63) is 58.7 Å². The highest BCUT2D eigenvalue weighted by atomic mass is 35.5. The summed E-state index contributed by atoms with van der Waals surface area (Å²) < 4.78 is 0. The first-order valence-corrected chi connectivity index (χ1v) is 7.06. The molecule has 2 aromatic rings. The van der Waals surface area contributed by atoms with Gasteiger partial charge in [-0.05, 0) is 25.5 Å². The summed E-state index contributed by atoms with van der Waals surface area (Å²) in [7, 11) is 0. The molecule has 1 aromatic heterocycles. The molecule has 0 bridgehead atoms. The molecule has 0 atom stereocenters. The molecule has 4 nitrogen and oxygen atoms in total. The Morgan fingerprint density at radius 1 is 1.33 bits per heavy atom.